The summed E-state index contributed by atoms with van der Waals surface area (Å²) >= 11 is 0. The van der Waals surface area contributed by atoms with Crippen LogP contribution >= 0.6 is 0 Å². The number of para-hydroxylation sites is 2. The van der Waals surface area contributed by atoms with E-state index >= 15 is 0 Å². The first-order chi connectivity index (χ1) is 19.1. The third-order valence-electron chi connectivity index (χ3n) is 7.53. The van der Waals surface area contributed by atoms with Crippen LogP contribution in [0, 0.1) is 0 Å². The summed E-state index contributed by atoms with van der Waals surface area (Å²) < 4.78 is 6.00. The van der Waals surface area contributed by atoms with E-state index in [1.54, 1.807) is 24.1 Å². The first-order valence-electron chi connectivity index (χ1n) is 13.7. The highest BCUT2D eigenvalue weighted by Crippen LogP contribution is 2.30. The number of carbonyl (C=O) groups is 1. The van der Waals surface area contributed by atoms with E-state index in [4.69, 9.17) is 4.74 Å². The Hall–Kier alpha value is -3.93. The highest BCUT2D eigenvalue weighted by Gasteiger charge is 2.22. The molecule has 5 nitrogen and oxygen atoms in total. The number of anilines is 1. The number of likely N-dealkylation sites (N-methyl/N-ethyl adjacent to an activating group) is 1. The van der Waals surface area contributed by atoms with Gasteiger partial charge in [-0.15, -0.1) is 0 Å². The van der Waals surface area contributed by atoms with Crippen molar-refractivity contribution in [1.82, 2.24) is 4.90 Å². The summed E-state index contributed by atoms with van der Waals surface area (Å²) in [6, 6.07) is 32.5. The zero-order chi connectivity index (χ0) is 27.0. The van der Waals surface area contributed by atoms with Crippen LogP contribution in [0.25, 0.3) is 16.8 Å². The molecule has 0 bridgehead atoms. The average molecular weight is 521 g/mol. The molecule has 1 saturated heterocycles. The first kappa shape index (κ1) is 26.7. The highest BCUT2D eigenvalue weighted by molar-refractivity contribution is 6.03. The number of carbonyl (C=O) groups excluding carboxylic acids is 1. The van der Waals surface area contributed by atoms with Crippen LogP contribution < -0.4 is 9.64 Å². The molecule has 1 heterocycles. The number of hydrogen-bond donors (Lipinski definition) is 1. The SMILES string of the molecule is CN(C(=O)/C=C/c1ccccc1OCC(O)CN1CCC(c2ccc3ccccc3c2)CC1)c1ccccc1. The Morgan fingerprint density at radius 3 is 2.44 bits per heavy atom. The van der Waals surface area contributed by atoms with Crippen molar-refractivity contribution in [1.29, 1.82) is 0 Å². The maximum atomic E-state index is 12.6. The molecule has 0 radical (unpaired) electrons. The molecule has 1 amide bonds. The Balaban J connectivity index is 1.11. The van der Waals surface area contributed by atoms with Gasteiger partial charge in [0.2, 0.25) is 0 Å². The number of benzene rings is 4. The molecule has 4 aromatic rings. The van der Waals surface area contributed by atoms with E-state index < -0.39 is 6.10 Å². The lowest BCUT2D eigenvalue weighted by Gasteiger charge is -2.33. The number of β-amino-alcohol motifs (C(OH)–C–C–N with tert-alkyl or cyclic N) is 1. The molecule has 200 valence electrons. The van der Waals surface area contributed by atoms with Crippen LogP contribution in [0.2, 0.25) is 0 Å². The predicted octanol–water partition coefficient (Wildman–Crippen LogP) is 6.14. The van der Waals surface area contributed by atoms with E-state index in [2.05, 4.69) is 47.4 Å². The quantitative estimate of drug-likeness (QED) is 0.270. The molecule has 1 unspecified atom stereocenters. The van der Waals surface area contributed by atoms with Crippen molar-refractivity contribution < 1.29 is 14.6 Å². The van der Waals surface area contributed by atoms with Crippen molar-refractivity contribution in [3.8, 4) is 5.75 Å². The van der Waals surface area contributed by atoms with Gasteiger partial charge in [0.05, 0.1) is 0 Å². The number of hydrogen-bond acceptors (Lipinski definition) is 4. The number of ether oxygens (including phenoxy) is 1. The van der Waals surface area contributed by atoms with Crippen molar-refractivity contribution in [2.75, 3.05) is 38.2 Å². The fourth-order valence-electron chi connectivity index (χ4n) is 5.25. The minimum absolute atomic E-state index is 0.122. The molecule has 1 N–H and O–H groups in total. The molecule has 5 heteroatoms. The van der Waals surface area contributed by atoms with Gasteiger partial charge in [0, 0.05) is 30.9 Å². The molecule has 1 fully saturated rings. The molecule has 0 aromatic heterocycles. The molecular weight excluding hydrogens is 484 g/mol. The Bertz CT molecular complexity index is 1410. The maximum absolute atomic E-state index is 12.6. The van der Waals surface area contributed by atoms with Crippen LogP contribution in [0.1, 0.15) is 29.9 Å². The van der Waals surface area contributed by atoms with Crippen molar-refractivity contribution in [3.63, 3.8) is 0 Å². The molecule has 0 spiro atoms. The van der Waals surface area contributed by atoms with E-state index in [-0.39, 0.29) is 12.5 Å². The van der Waals surface area contributed by atoms with Crippen molar-refractivity contribution in [2.24, 2.45) is 0 Å². The molecule has 1 aliphatic heterocycles. The first-order valence-corrected chi connectivity index (χ1v) is 13.7. The number of rotatable bonds is 9. The fraction of sp³-hybridized carbons (Fsp3) is 0.265. The minimum atomic E-state index is -0.592. The second-order valence-electron chi connectivity index (χ2n) is 10.3. The molecule has 1 aliphatic rings. The van der Waals surface area contributed by atoms with Gasteiger partial charge in [-0.3, -0.25) is 4.79 Å². The van der Waals surface area contributed by atoms with Crippen molar-refractivity contribution >= 4 is 28.4 Å². The van der Waals surface area contributed by atoms with Gasteiger partial charge in [-0.05, 0) is 72.5 Å². The third kappa shape index (κ3) is 6.94. The van der Waals surface area contributed by atoms with E-state index in [1.807, 2.05) is 54.6 Å². The van der Waals surface area contributed by atoms with Gasteiger partial charge in [0.15, 0.2) is 0 Å². The van der Waals surface area contributed by atoms with Crippen LogP contribution in [0.3, 0.4) is 0 Å². The maximum Gasteiger partial charge on any atom is 0.250 e. The Labute approximate surface area is 231 Å². The van der Waals surface area contributed by atoms with E-state index in [0.29, 0.717) is 18.2 Å². The Morgan fingerprint density at radius 2 is 1.64 bits per heavy atom. The lowest BCUT2D eigenvalue weighted by atomic mass is 9.88. The summed E-state index contributed by atoms with van der Waals surface area (Å²) in [5.74, 6) is 1.09. The van der Waals surface area contributed by atoms with Gasteiger partial charge in [-0.1, -0.05) is 78.9 Å². The summed E-state index contributed by atoms with van der Waals surface area (Å²) in [5, 5.41) is 13.3. The number of nitrogens with zero attached hydrogens (tertiary/aromatic N) is 2. The topological polar surface area (TPSA) is 53.0 Å². The summed E-state index contributed by atoms with van der Waals surface area (Å²) in [4.78, 5) is 16.6. The van der Waals surface area contributed by atoms with Gasteiger partial charge in [-0.2, -0.15) is 0 Å². The monoisotopic (exact) mass is 520 g/mol. The van der Waals surface area contributed by atoms with Gasteiger partial charge >= 0.3 is 0 Å². The van der Waals surface area contributed by atoms with Crippen LogP contribution in [-0.4, -0.2) is 55.3 Å². The summed E-state index contributed by atoms with van der Waals surface area (Å²) in [6.45, 7) is 2.71. The average Bonchev–Trinajstić information content (AvgIpc) is 2.99. The van der Waals surface area contributed by atoms with Gasteiger partial charge < -0.3 is 19.6 Å². The van der Waals surface area contributed by atoms with Gasteiger partial charge in [0.25, 0.3) is 5.91 Å². The van der Waals surface area contributed by atoms with E-state index in [9.17, 15) is 9.90 Å². The molecular formula is C34H36N2O3. The van der Waals surface area contributed by atoms with Gasteiger partial charge in [-0.25, -0.2) is 0 Å². The summed E-state index contributed by atoms with van der Waals surface area (Å²) in [6.07, 6.45) is 4.90. The molecule has 0 aliphatic carbocycles. The lowest BCUT2D eigenvalue weighted by molar-refractivity contribution is -0.113. The van der Waals surface area contributed by atoms with E-state index in [0.717, 1.165) is 37.2 Å². The Morgan fingerprint density at radius 1 is 0.949 bits per heavy atom. The van der Waals surface area contributed by atoms with Crippen LogP contribution in [0.4, 0.5) is 5.69 Å². The zero-order valence-electron chi connectivity index (χ0n) is 22.4. The Kier molecular flexibility index (Phi) is 8.71. The summed E-state index contributed by atoms with van der Waals surface area (Å²) in [7, 11) is 1.76. The molecule has 0 saturated carbocycles. The number of fused-ring (bicyclic) bond motifs is 1. The zero-order valence-corrected chi connectivity index (χ0v) is 22.4. The summed E-state index contributed by atoms with van der Waals surface area (Å²) in [5.41, 5.74) is 3.05. The molecule has 39 heavy (non-hydrogen) atoms. The standard InChI is InChI=1S/C34H36N2O3/c1-35(31-12-3-2-4-13-31)34(38)18-17-28-10-7-8-14-33(28)39-25-32(37)24-36-21-19-27(20-22-36)30-16-15-26-9-5-6-11-29(26)23-30/h2-18,23,27,32,37H,19-22,24-25H2,1H3/b18-17+. The van der Waals surface area contributed by atoms with Crippen LogP contribution in [0.5, 0.6) is 5.75 Å². The molecule has 5 rings (SSSR count). The minimum Gasteiger partial charge on any atom is -0.490 e. The largest absolute Gasteiger partial charge is 0.490 e. The lowest BCUT2D eigenvalue weighted by Crippen LogP contribution is -2.40. The second kappa shape index (κ2) is 12.7. The molecule has 4 aromatic carbocycles. The second-order valence-corrected chi connectivity index (χ2v) is 10.3. The number of aliphatic hydroxyl groups is 1. The highest BCUT2D eigenvalue weighted by atomic mass is 16.5. The normalized spacial score (nSPS) is 15.4. The van der Waals surface area contributed by atoms with Crippen LogP contribution in [0.15, 0.2) is 103 Å². The number of amides is 1. The smallest absolute Gasteiger partial charge is 0.250 e. The third-order valence-corrected chi connectivity index (χ3v) is 7.53. The number of aliphatic hydroxyl groups excluding tert-OH is 1. The van der Waals surface area contributed by atoms with E-state index in [1.165, 1.54) is 16.3 Å². The molecule has 1 atom stereocenters. The van der Waals surface area contributed by atoms with Gasteiger partial charge in [0.1, 0.15) is 18.5 Å². The van der Waals surface area contributed by atoms with Crippen molar-refractivity contribution in [2.45, 2.75) is 24.9 Å². The predicted molar refractivity (Wildman–Crippen MR) is 159 cm³/mol. The number of piperidine rings is 1. The number of likely N-dealkylation sites (tertiary alicyclic amines) is 1. The fourth-order valence-corrected chi connectivity index (χ4v) is 5.25. The van der Waals surface area contributed by atoms with Crippen molar-refractivity contribution in [3.05, 3.63) is 114 Å². The van der Waals surface area contributed by atoms with Crippen LogP contribution in [-0.2, 0) is 4.79 Å².